The van der Waals surface area contributed by atoms with Gasteiger partial charge in [-0.3, -0.25) is 4.79 Å². The number of carboxylic acid groups (broad SMARTS) is 1. The number of aliphatic carboxylic acids is 1. The summed E-state index contributed by atoms with van der Waals surface area (Å²) >= 11 is 1.60. The molecule has 0 aromatic heterocycles. The average molecular weight is 273 g/mol. The zero-order chi connectivity index (χ0) is 13.6. The lowest BCUT2D eigenvalue weighted by Crippen LogP contribution is -2.54. The van der Waals surface area contributed by atoms with Gasteiger partial charge in [0.05, 0.1) is 5.25 Å². The quantitative estimate of drug-likeness (QED) is 0.699. The van der Waals surface area contributed by atoms with Crippen molar-refractivity contribution in [2.75, 3.05) is 5.75 Å². The minimum absolute atomic E-state index is 0.139. The molecule has 1 fully saturated rings. The molecule has 1 atom stereocenters. The molecule has 18 heavy (non-hydrogen) atoms. The van der Waals surface area contributed by atoms with Gasteiger partial charge < -0.3 is 10.4 Å². The Hall–Kier alpha value is -0.710. The number of carbonyl (C=O) groups is 2. The molecule has 1 amide bonds. The Morgan fingerprint density at radius 2 is 2.00 bits per heavy atom. The van der Waals surface area contributed by atoms with Crippen LogP contribution in [-0.4, -0.2) is 33.5 Å². The first-order valence-electron chi connectivity index (χ1n) is 6.69. The lowest BCUT2D eigenvalue weighted by Gasteiger charge is -2.26. The van der Waals surface area contributed by atoms with Gasteiger partial charge in [0, 0.05) is 0 Å². The number of amides is 1. The molecule has 0 heterocycles. The van der Waals surface area contributed by atoms with Crippen LogP contribution in [0, 0.1) is 0 Å². The van der Waals surface area contributed by atoms with Crippen LogP contribution >= 0.6 is 11.8 Å². The third-order valence-corrected chi connectivity index (χ3v) is 4.70. The van der Waals surface area contributed by atoms with Crippen LogP contribution in [0.3, 0.4) is 0 Å². The topological polar surface area (TPSA) is 66.4 Å². The molecule has 0 aliphatic heterocycles. The predicted molar refractivity (Wildman–Crippen MR) is 73.8 cm³/mol. The highest BCUT2D eigenvalue weighted by atomic mass is 32.2. The average Bonchev–Trinajstić information content (AvgIpc) is 2.79. The van der Waals surface area contributed by atoms with Crippen LogP contribution in [-0.2, 0) is 9.59 Å². The fourth-order valence-corrected chi connectivity index (χ4v) is 3.21. The summed E-state index contributed by atoms with van der Waals surface area (Å²) in [6.45, 7) is 3.96. The number of nitrogens with one attached hydrogen (secondary N) is 1. The van der Waals surface area contributed by atoms with Crippen LogP contribution in [0.2, 0.25) is 0 Å². The van der Waals surface area contributed by atoms with E-state index in [2.05, 4.69) is 12.2 Å². The number of carbonyl (C=O) groups excluding carboxylic acids is 1. The highest BCUT2D eigenvalue weighted by Crippen LogP contribution is 2.30. The van der Waals surface area contributed by atoms with Gasteiger partial charge in [-0.15, -0.1) is 11.8 Å². The molecule has 5 heteroatoms. The van der Waals surface area contributed by atoms with E-state index in [1.165, 1.54) is 0 Å². The van der Waals surface area contributed by atoms with Gasteiger partial charge in [-0.05, 0) is 31.9 Å². The van der Waals surface area contributed by atoms with Crippen molar-refractivity contribution in [3.05, 3.63) is 0 Å². The van der Waals surface area contributed by atoms with Crippen molar-refractivity contribution >= 4 is 23.6 Å². The van der Waals surface area contributed by atoms with Crippen molar-refractivity contribution in [2.24, 2.45) is 0 Å². The second kappa shape index (κ2) is 7.02. The first-order chi connectivity index (χ1) is 8.52. The minimum Gasteiger partial charge on any atom is -0.480 e. The molecule has 1 unspecified atom stereocenters. The molecule has 0 aromatic carbocycles. The van der Waals surface area contributed by atoms with Gasteiger partial charge in [-0.2, -0.15) is 0 Å². The zero-order valence-corrected chi connectivity index (χ0v) is 12.0. The third kappa shape index (κ3) is 3.90. The smallest absolute Gasteiger partial charge is 0.329 e. The monoisotopic (exact) mass is 273 g/mol. The SMILES string of the molecule is CCCCSC(C)C(=O)NC1(C(=O)O)CCCC1. The molecule has 1 aliphatic carbocycles. The van der Waals surface area contributed by atoms with E-state index in [1.54, 1.807) is 11.8 Å². The third-order valence-electron chi connectivity index (χ3n) is 3.46. The van der Waals surface area contributed by atoms with Crippen molar-refractivity contribution < 1.29 is 14.7 Å². The number of rotatable bonds is 7. The summed E-state index contributed by atoms with van der Waals surface area (Å²) < 4.78 is 0. The predicted octanol–water partition coefficient (Wildman–Crippen LogP) is 2.42. The Morgan fingerprint density at radius 3 is 2.50 bits per heavy atom. The van der Waals surface area contributed by atoms with Gasteiger partial charge in [0.1, 0.15) is 5.54 Å². The second-order valence-electron chi connectivity index (χ2n) is 4.95. The van der Waals surface area contributed by atoms with Crippen LogP contribution in [0.1, 0.15) is 52.4 Å². The van der Waals surface area contributed by atoms with E-state index in [4.69, 9.17) is 0 Å². The maximum Gasteiger partial charge on any atom is 0.329 e. The van der Waals surface area contributed by atoms with E-state index in [1.807, 2.05) is 6.92 Å². The summed E-state index contributed by atoms with van der Waals surface area (Å²) in [5.41, 5.74) is -1.00. The fourth-order valence-electron chi connectivity index (χ4n) is 2.19. The van der Waals surface area contributed by atoms with E-state index < -0.39 is 11.5 Å². The Bertz CT molecular complexity index is 301. The first-order valence-corrected chi connectivity index (χ1v) is 7.74. The molecule has 0 radical (unpaired) electrons. The summed E-state index contributed by atoms with van der Waals surface area (Å²) in [5, 5.41) is 11.9. The molecule has 1 aliphatic rings. The molecule has 4 nitrogen and oxygen atoms in total. The molecular formula is C13H23NO3S. The maximum atomic E-state index is 12.0. The number of carboxylic acids is 1. The van der Waals surface area contributed by atoms with Gasteiger partial charge >= 0.3 is 5.97 Å². The molecule has 2 N–H and O–H groups in total. The molecule has 1 saturated carbocycles. The van der Waals surface area contributed by atoms with E-state index in [0.29, 0.717) is 12.8 Å². The van der Waals surface area contributed by atoms with Crippen molar-refractivity contribution in [3.8, 4) is 0 Å². The summed E-state index contributed by atoms with van der Waals surface area (Å²) in [7, 11) is 0. The normalized spacial score (nSPS) is 19.4. The summed E-state index contributed by atoms with van der Waals surface area (Å²) in [5.74, 6) is -0.0787. The Morgan fingerprint density at radius 1 is 1.39 bits per heavy atom. The van der Waals surface area contributed by atoms with Gasteiger partial charge in [0.25, 0.3) is 0 Å². The summed E-state index contributed by atoms with van der Waals surface area (Å²) in [6, 6.07) is 0. The molecule has 0 spiro atoms. The summed E-state index contributed by atoms with van der Waals surface area (Å²) in [6.07, 6.45) is 5.07. The van der Waals surface area contributed by atoms with Crippen molar-refractivity contribution in [2.45, 2.75) is 63.2 Å². The van der Waals surface area contributed by atoms with Gasteiger partial charge in [-0.1, -0.05) is 26.2 Å². The van der Waals surface area contributed by atoms with Crippen molar-refractivity contribution in [3.63, 3.8) is 0 Å². The van der Waals surface area contributed by atoms with Crippen LogP contribution in [0.15, 0.2) is 0 Å². The molecule has 0 bridgehead atoms. The van der Waals surface area contributed by atoms with Crippen LogP contribution in [0.5, 0.6) is 0 Å². The number of hydrogen-bond donors (Lipinski definition) is 2. The van der Waals surface area contributed by atoms with Gasteiger partial charge in [0.2, 0.25) is 5.91 Å². The number of hydrogen-bond acceptors (Lipinski definition) is 3. The maximum absolute atomic E-state index is 12.0. The molecule has 104 valence electrons. The molecular weight excluding hydrogens is 250 g/mol. The van der Waals surface area contributed by atoms with Crippen molar-refractivity contribution in [1.82, 2.24) is 5.32 Å². The lowest BCUT2D eigenvalue weighted by atomic mass is 9.97. The minimum atomic E-state index is -1.00. The van der Waals surface area contributed by atoms with Gasteiger partial charge in [-0.25, -0.2) is 4.79 Å². The van der Waals surface area contributed by atoms with E-state index >= 15 is 0 Å². The lowest BCUT2D eigenvalue weighted by molar-refractivity contribution is -0.147. The number of unbranched alkanes of at least 4 members (excludes halogenated alkanes) is 1. The summed E-state index contributed by atoms with van der Waals surface area (Å²) in [4.78, 5) is 23.3. The fraction of sp³-hybridized carbons (Fsp3) is 0.846. The zero-order valence-electron chi connectivity index (χ0n) is 11.2. The highest BCUT2D eigenvalue weighted by Gasteiger charge is 2.43. The largest absolute Gasteiger partial charge is 0.480 e. The van der Waals surface area contributed by atoms with Gasteiger partial charge in [0.15, 0.2) is 0 Å². The van der Waals surface area contributed by atoms with Crippen LogP contribution in [0.25, 0.3) is 0 Å². The Balaban J connectivity index is 2.49. The molecule has 1 rings (SSSR count). The molecule has 0 aromatic rings. The molecule has 0 saturated heterocycles. The standard InChI is InChI=1S/C13H23NO3S/c1-3-4-9-18-10(2)11(15)14-13(12(16)17)7-5-6-8-13/h10H,3-9H2,1-2H3,(H,14,15)(H,16,17). The van der Waals surface area contributed by atoms with Crippen molar-refractivity contribution in [1.29, 1.82) is 0 Å². The van der Waals surface area contributed by atoms with E-state index in [0.717, 1.165) is 31.4 Å². The highest BCUT2D eigenvalue weighted by molar-refractivity contribution is 8.00. The van der Waals surface area contributed by atoms with Crippen LogP contribution < -0.4 is 5.32 Å². The Labute approximate surface area is 113 Å². The first kappa shape index (κ1) is 15.3. The second-order valence-corrected chi connectivity index (χ2v) is 6.40. The van der Waals surface area contributed by atoms with E-state index in [-0.39, 0.29) is 11.2 Å². The number of thioether (sulfide) groups is 1. The Kier molecular flexibility index (Phi) is 5.99. The van der Waals surface area contributed by atoms with E-state index in [9.17, 15) is 14.7 Å². The van der Waals surface area contributed by atoms with Crippen LogP contribution in [0.4, 0.5) is 0 Å².